The largest absolute Gasteiger partial charge is 0.332 e. The zero-order valence-electron chi connectivity index (χ0n) is 11.1. The Bertz CT molecular complexity index is 751. The number of benzene rings is 1. The fourth-order valence-corrected chi connectivity index (χ4v) is 2.18. The summed E-state index contributed by atoms with van der Waals surface area (Å²) in [7, 11) is 0. The predicted octanol–water partition coefficient (Wildman–Crippen LogP) is 3.31. The third-order valence-corrected chi connectivity index (χ3v) is 3.17. The molecule has 0 atom stereocenters. The second-order valence-corrected chi connectivity index (χ2v) is 4.96. The molecule has 0 fully saturated rings. The summed E-state index contributed by atoms with van der Waals surface area (Å²) in [5.74, 6) is 0. The minimum Gasteiger partial charge on any atom is -0.332 e. The van der Waals surface area contributed by atoms with Crippen molar-refractivity contribution in [2.45, 2.75) is 6.54 Å². The molecule has 21 heavy (non-hydrogen) atoms. The molecule has 5 nitrogen and oxygen atoms in total. The Hall–Kier alpha value is -2.53. The predicted molar refractivity (Wildman–Crippen MR) is 82.5 cm³/mol. The number of rotatable bonds is 3. The zero-order valence-corrected chi connectivity index (χ0v) is 11.8. The monoisotopic (exact) mass is 300 g/mol. The molecular formula is C15H13ClN4O. The lowest BCUT2D eigenvalue weighted by Gasteiger charge is -2.06. The number of amides is 2. The SMILES string of the molecule is O=C(NCc1cc2ccccn2n1)Nc1cccc(Cl)c1. The first-order valence-corrected chi connectivity index (χ1v) is 6.82. The van der Waals surface area contributed by atoms with Crippen molar-refractivity contribution in [3.8, 4) is 0 Å². The average Bonchev–Trinajstić information content (AvgIpc) is 2.88. The second-order valence-electron chi connectivity index (χ2n) is 4.52. The van der Waals surface area contributed by atoms with Crippen LogP contribution in [0.4, 0.5) is 10.5 Å². The van der Waals surface area contributed by atoms with Crippen LogP contribution in [0.2, 0.25) is 5.02 Å². The van der Waals surface area contributed by atoms with Gasteiger partial charge < -0.3 is 10.6 Å². The van der Waals surface area contributed by atoms with E-state index < -0.39 is 0 Å². The Balaban J connectivity index is 1.60. The number of carbonyl (C=O) groups is 1. The maximum Gasteiger partial charge on any atom is 0.319 e. The van der Waals surface area contributed by atoms with Gasteiger partial charge in [-0.05, 0) is 36.4 Å². The van der Waals surface area contributed by atoms with Gasteiger partial charge in [-0.2, -0.15) is 5.10 Å². The summed E-state index contributed by atoms with van der Waals surface area (Å²) in [4.78, 5) is 11.8. The van der Waals surface area contributed by atoms with E-state index >= 15 is 0 Å². The van der Waals surface area contributed by atoms with Gasteiger partial charge in [0, 0.05) is 16.9 Å². The van der Waals surface area contributed by atoms with E-state index in [9.17, 15) is 4.79 Å². The lowest BCUT2D eigenvalue weighted by atomic mass is 10.3. The number of carbonyl (C=O) groups excluding carboxylic acids is 1. The Morgan fingerprint density at radius 3 is 2.90 bits per heavy atom. The normalized spacial score (nSPS) is 10.5. The van der Waals surface area contributed by atoms with Gasteiger partial charge in [0.2, 0.25) is 0 Å². The summed E-state index contributed by atoms with van der Waals surface area (Å²) in [6.07, 6.45) is 1.87. The van der Waals surface area contributed by atoms with Gasteiger partial charge in [0.05, 0.1) is 17.8 Å². The number of nitrogens with zero attached hydrogens (tertiary/aromatic N) is 2. The fraction of sp³-hybridized carbons (Fsp3) is 0.0667. The summed E-state index contributed by atoms with van der Waals surface area (Å²) >= 11 is 5.86. The lowest BCUT2D eigenvalue weighted by molar-refractivity contribution is 0.251. The Morgan fingerprint density at radius 2 is 2.10 bits per heavy atom. The third kappa shape index (κ3) is 3.32. The van der Waals surface area contributed by atoms with Gasteiger partial charge in [-0.15, -0.1) is 0 Å². The van der Waals surface area contributed by atoms with Gasteiger partial charge in [-0.25, -0.2) is 9.31 Å². The molecule has 2 N–H and O–H groups in total. The fourth-order valence-electron chi connectivity index (χ4n) is 1.99. The van der Waals surface area contributed by atoms with Gasteiger partial charge in [0.15, 0.2) is 0 Å². The van der Waals surface area contributed by atoms with E-state index in [1.807, 2.05) is 30.5 Å². The number of nitrogens with one attached hydrogen (secondary N) is 2. The number of halogens is 1. The van der Waals surface area contributed by atoms with E-state index in [0.29, 0.717) is 17.3 Å². The molecule has 2 heterocycles. The highest BCUT2D eigenvalue weighted by Gasteiger charge is 2.05. The van der Waals surface area contributed by atoms with E-state index in [-0.39, 0.29) is 6.03 Å². The highest BCUT2D eigenvalue weighted by Crippen LogP contribution is 2.14. The summed E-state index contributed by atoms with van der Waals surface area (Å²) in [5.41, 5.74) is 2.43. The van der Waals surface area contributed by atoms with Crippen LogP contribution >= 0.6 is 11.6 Å². The van der Waals surface area contributed by atoms with Crippen molar-refractivity contribution >= 4 is 28.8 Å². The van der Waals surface area contributed by atoms with Crippen LogP contribution in [-0.4, -0.2) is 15.6 Å². The van der Waals surface area contributed by atoms with E-state index in [4.69, 9.17) is 11.6 Å². The molecule has 3 aromatic rings. The molecule has 106 valence electrons. The smallest absolute Gasteiger partial charge is 0.319 e. The van der Waals surface area contributed by atoms with Gasteiger partial charge in [0.1, 0.15) is 0 Å². The molecule has 0 aliphatic carbocycles. The molecular weight excluding hydrogens is 288 g/mol. The number of fused-ring (bicyclic) bond motifs is 1. The van der Waals surface area contributed by atoms with Crippen molar-refractivity contribution < 1.29 is 4.79 Å². The van der Waals surface area contributed by atoms with E-state index in [1.54, 1.807) is 28.8 Å². The highest BCUT2D eigenvalue weighted by molar-refractivity contribution is 6.30. The van der Waals surface area contributed by atoms with Crippen LogP contribution < -0.4 is 10.6 Å². The Labute approximate surface area is 126 Å². The molecule has 0 bridgehead atoms. The molecule has 3 rings (SSSR count). The van der Waals surface area contributed by atoms with Gasteiger partial charge in [-0.3, -0.25) is 0 Å². The quantitative estimate of drug-likeness (QED) is 0.779. The molecule has 0 saturated heterocycles. The number of urea groups is 1. The summed E-state index contributed by atoms with van der Waals surface area (Å²) in [6, 6.07) is 14.4. The Morgan fingerprint density at radius 1 is 1.19 bits per heavy atom. The molecule has 2 aromatic heterocycles. The molecule has 0 aliphatic rings. The van der Waals surface area contributed by atoms with Gasteiger partial charge >= 0.3 is 6.03 Å². The van der Waals surface area contributed by atoms with Crippen molar-refractivity contribution in [1.82, 2.24) is 14.9 Å². The number of aromatic nitrogens is 2. The van der Waals surface area contributed by atoms with Crippen LogP contribution in [-0.2, 0) is 6.54 Å². The van der Waals surface area contributed by atoms with Crippen LogP contribution in [0.5, 0.6) is 0 Å². The van der Waals surface area contributed by atoms with Crippen LogP contribution in [0.15, 0.2) is 54.7 Å². The van der Waals surface area contributed by atoms with Crippen molar-refractivity contribution in [2.75, 3.05) is 5.32 Å². The van der Waals surface area contributed by atoms with Crippen LogP contribution in [0.25, 0.3) is 5.52 Å². The number of hydrogen-bond donors (Lipinski definition) is 2. The summed E-state index contributed by atoms with van der Waals surface area (Å²) < 4.78 is 1.77. The number of anilines is 1. The van der Waals surface area contributed by atoms with Gasteiger partial charge in [-0.1, -0.05) is 23.7 Å². The second kappa shape index (κ2) is 5.85. The minimum atomic E-state index is -0.297. The lowest BCUT2D eigenvalue weighted by Crippen LogP contribution is -2.28. The van der Waals surface area contributed by atoms with Crippen LogP contribution in [0.1, 0.15) is 5.69 Å². The maximum atomic E-state index is 11.8. The molecule has 2 amide bonds. The first-order chi connectivity index (χ1) is 10.2. The van der Waals surface area contributed by atoms with E-state index in [1.165, 1.54) is 0 Å². The molecule has 0 radical (unpaired) electrons. The van der Waals surface area contributed by atoms with Crippen molar-refractivity contribution in [3.05, 3.63) is 65.4 Å². The van der Waals surface area contributed by atoms with E-state index in [2.05, 4.69) is 15.7 Å². The van der Waals surface area contributed by atoms with Crippen molar-refractivity contribution in [1.29, 1.82) is 0 Å². The first kappa shape index (κ1) is 13.5. The highest BCUT2D eigenvalue weighted by atomic mass is 35.5. The van der Waals surface area contributed by atoms with Crippen molar-refractivity contribution in [3.63, 3.8) is 0 Å². The van der Waals surface area contributed by atoms with Crippen LogP contribution in [0, 0.1) is 0 Å². The van der Waals surface area contributed by atoms with Crippen LogP contribution in [0.3, 0.4) is 0 Å². The molecule has 6 heteroatoms. The van der Waals surface area contributed by atoms with Gasteiger partial charge in [0.25, 0.3) is 0 Å². The number of hydrogen-bond acceptors (Lipinski definition) is 2. The standard InChI is InChI=1S/C15H13ClN4O/c16-11-4-3-5-12(8-11)18-15(21)17-10-13-9-14-6-1-2-7-20(14)19-13/h1-9H,10H2,(H2,17,18,21). The molecule has 0 unspecified atom stereocenters. The average molecular weight is 301 g/mol. The third-order valence-electron chi connectivity index (χ3n) is 2.93. The first-order valence-electron chi connectivity index (χ1n) is 6.44. The molecule has 0 spiro atoms. The number of pyridine rings is 1. The topological polar surface area (TPSA) is 58.4 Å². The zero-order chi connectivity index (χ0) is 14.7. The summed E-state index contributed by atoms with van der Waals surface area (Å²) in [6.45, 7) is 0.355. The van der Waals surface area contributed by atoms with E-state index in [0.717, 1.165) is 11.2 Å². The molecule has 1 aromatic carbocycles. The maximum absolute atomic E-state index is 11.8. The summed E-state index contributed by atoms with van der Waals surface area (Å²) in [5, 5.41) is 10.4. The Kier molecular flexibility index (Phi) is 3.75. The molecule has 0 saturated carbocycles. The molecule has 0 aliphatic heterocycles. The van der Waals surface area contributed by atoms with Crippen molar-refractivity contribution in [2.24, 2.45) is 0 Å². The minimum absolute atomic E-state index is 0.297.